The maximum atomic E-state index is 14.5. The third-order valence-electron chi connectivity index (χ3n) is 4.80. The molecule has 2 rings (SSSR count). The minimum absolute atomic E-state index is 0.244. The average Bonchev–Trinajstić information content (AvgIpc) is 2.37. The Morgan fingerprint density at radius 2 is 2.05 bits per heavy atom. The lowest BCUT2D eigenvalue weighted by molar-refractivity contribution is 0.105. The zero-order valence-corrected chi connectivity index (χ0v) is 12.9. The first-order chi connectivity index (χ1) is 9.38. The van der Waals surface area contributed by atoms with Gasteiger partial charge < -0.3 is 10.5 Å². The van der Waals surface area contributed by atoms with E-state index in [1.807, 2.05) is 12.1 Å². The number of hydrogen-bond acceptors (Lipinski definition) is 2. The first kappa shape index (κ1) is 15.3. The Morgan fingerprint density at radius 3 is 2.60 bits per heavy atom. The number of halogens is 1. The minimum atomic E-state index is -0.567. The smallest absolute Gasteiger partial charge is 0.131 e. The molecule has 1 saturated carbocycles. The van der Waals surface area contributed by atoms with E-state index in [4.69, 9.17) is 10.5 Å². The molecule has 112 valence electrons. The van der Waals surface area contributed by atoms with Crippen molar-refractivity contribution in [2.24, 2.45) is 23.5 Å². The van der Waals surface area contributed by atoms with Crippen LogP contribution in [-0.2, 0) is 5.54 Å². The summed E-state index contributed by atoms with van der Waals surface area (Å²) in [4.78, 5) is 0. The molecule has 0 amide bonds. The zero-order chi connectivity index (χ0) is 14.9. The molecule has 1 aliphatic rings. The molecule has 20 heavy (non-hydrogen) atoms. The Bertz CT molecular complexity index is 474. The van der Waals surface area contributed by atoms with Crippen LogP contribution in [-0.4, -0.2) is 7.11 Å². The van der Waals surface area contributed by atoms with E-state index in [2.05, 4.69) is 20.8 Å². The highest BCUT2D eigenvalue weighted by molar-refractivity contribution is 5.34. The van der Waals surface area contributed by atoms with Crippen LogP contribution in [0.25, 0.3) is 0 Å². The van der Waals surface area contributed by atoms with Gasteiger partial charge in [0.25, 0.3) is 0 Å². The van der Waals surface area contributed by atoms with Crippen molar-refractivity contribution in [3.05, 3.63) is 29.6 Å². The molecule has 0 spiro atoms. The molecule has 0 heterocycles. The largest absolute Gasteiger partial charge is 0.497 e. The monoisotopic (exact) mass is 279 g/mol. The van der Waals surface area contributed by atoms with Gasteiger partial charge in [-0.3, -0.25) is 0 Å². The van der Waals surface area contributed by atoms with E-state index < -0.39 is 5.54 Å². The molecule has 3 atom stereocenters. The molecule has 3 unspecified atom stereocenters. The molecule has 0 radical (unpaired) electrons. The van der Waals surface area contributed by atoms with Crippen LogP contribution < -0.4 is 10.5 Å². The lowest BCUT2D eigenvalue weighted by Crippen LogP contribution is -2.50. The summed E-state index contributed by atoms with van der Waals surface area (Å²) in [6.45, 7) is 6.58. The maximum Gasteiger partial charge on any atom is 0.131 e. The second kappa shape index (κ2) is 5.72. The molecule has 1 aliphatic carbocycles. The predicted octanol–water partition coefficient (Wildman–Crippen LogP) is 4.08. The molecular formula is C17H26FNO. The van der Waals surface area contributed by atoms with Gasteiger partial charge in [0.05, 0.1) is 7.11 Å². The van der Waals surface area contributed by atoms with Gasteiger partial charge in [-0.2, -0.15) is 0 Å². The molecule has 3 heteroatoms. The van der Waals surface area contributed by atoms with Crippen LogP contribution in [0.2, 0.25) is 0 Å². The molecule has 0 bridgehead atoms. The Morgan fingerprint density at radius 1 is 1.35 bits per heavy atom. The van der Waals surface area contributed by atoms with Crippen molar-refractivity contribution in [1.29, 1.82) is 0 Å². The van der Waals surface area contributed by atoms with Crippen LogP contribution in [0, 0.1) is 23.6 Å². The molecule has 0 aliphatic heterocycles. The van der Waals surface area contributed by atoms with Crippen LogP contribution in [0.3, 0.4) is 0 Å². The highest BCUT2D eigenvalue weighted by Gasteiger charge is 2.43. The summed E-state index contributed by atoms with van der Waals surface area (Å²) in [6, 6.07) is 5.06. The summed E-state index contributed by atoms with van der Waals surface area (Å²) < 4.78 is 19.6. The predicted molar refractivity (Wildman–Crippen MR) is 80.2 cm³/mol. The second-order valence-electron chi connectivity index (χ2n) is 6.62. The van der Waals surface area contributed by atoms with Crippen LogP contribution in [0.5, 0.6) is 5.75 Å². The fraction of sp³-hybridized carbons (Fsp3) is 0.647. The number of rotatable bonds is 3. The molecule has 1 aromatic carbocycles. The van der Waals surface area contributed by atoms with E-state index >= 15 is 0 Å². The summed E-state index contributed by atoms with van der Waals surface area (Å²) in [7, 11) is 1.55. The topological polar surface area (TPSA) is 35.2 Å². The van der Waals surface area contributed by atoms with Gasteiger partial charge in [0.15, 0.2) is 0 Å². The standard InChI is InChI=1S/C17H26FNO/c1-11(2)14-7-5-12(3)10-17(14,19)15-8-6-13(20-4)9-16(15)18/h6,8-9,11-12,14H,5,7,10,19H2,1-4H3. The summed E-state index contributed by atoms with van der Waals surface area (Å²) in [5.74, 6) is 1.61. The summed E-state index contributed by atoms with van der Waals surface area (Å²) in [5.41, 5.74) is 6.80. The van der Waals surface area contributed by atoms with Crippen LogP contribution in [0.1, 0.15) is 45.6 Å². The van der Waals surface area contributed by atoms with Gasteiger partial charge in [-0.25, -0.2) is 4.39 Å². The number of benzene rings is 1. The Labute approximate surface area is 121 Å². The molecule has 1 fully saturated rings. The highest BCUT2D eigenvalue weighted by Crippen LogP contribution is 2.46. The fourth-order valence-electron chi connectivity index (χ4n) is 3.79. The van der Waals surface area contributed by atoms with E-state index in [9.17, 15) is 4.39 Å². The quantitative estimate of drug-likeness (QED) is 0.904. The van der Waals surface area contributed by atoms with Crippen molar-refractivity contribution >= 4 is 0 Å². The van der Waals surface area contributed by atoms with Gasteiger partial charge in [-0.1, -0.05) is 33.3 Å². The van der Waals surface area contributed by atoms with Crippen molar-refractivity contribution in [2.45, 2.75) is 45.6 Å². The Balaban J connectivity index is 2.44. The van der Waals surface area contributed by atoms with Crippen molar-refractivity contribution in [2.75, 3.05) is 7.11 Å². The average molecular weight is 279 g/mol. The van der Waals surface area contributed by atoms with Gasteiger partial charge in [-0.05, 0) is 36.7 Å². The Hall–Kier alpha value is -1.09. The normalized spacial score (nSPS) is 30.6. The molecule has 0 saturated heterocycles. The van der Waals surface area contributed by atoms with Crippen molar-refractivity contribution in [3.8, 4) is 5.75 Å². The lowest BCUT2D eigenvalue weighted by atomic mass is 9.62. The Kier molecular flexibility index (Phi) is 4.38. The summed E-state index contributed by atoms with van der Waals surface area (Å²) in [5, 5.41) is 0. The van der Waals surface area contributed by atoms with Crippen molar-refractivity contribution in [3.63, 3.8) is 0 Å². The van der Waals surface area contributed by atoms with Gasteiger partial charge in [-0.15, -0.1) is 0 Å². The van der Waals surface area contributed by atoms with Crippen molar-refractivity contribution < 1.29 is 9.13 Å². The summed E-state index contributed by atoms with van der Waals surface area (Å²) >= 11 is 0. The molecular weight excluding hydrogens is 253 g/mol. The molecule has 1 aromatic rings. The number of nitrogens with two attached hydrogens (primary N) is 1. The van der Waals surface area contributed by atoms with Crippen LogP contribution in [0.15, 0.2) is 18.2 Å². The second-order valence-corrected chi connectivity index (χ2v) is 6.62. The maximum absolute atomic E-state index is 14.5. The van der Waals surface area contributed by atoms with Crippen LogP contribution >= 0.6 is 0 Å². The lowest BCUT2D eigenvalue weighted by Gasteiger charge is -2.46. The van der Waals surface area contributed by atoms with Gasteiger partial charge >= 0.3 is 0 Å². The zero-order valence-electron chi connectivity index (χ0n) is 12.9. The molecule has 0 aromatic heterocycles. The highest BCUT2D eigenvalue weighted by atomic mass is 19.1. The summed E-state index contributed by atoms with van der Waals surface area (Å²) in [6.07, 6.45) is 3.10. The van der Waals surface area contributed by atoms with E-state index in [-0.39, 0.29) is 5.82 Å². The van der Waals surface area contributed by atoms with Crippen LogP contribution in [0.4, 0.5) is 4.39 Å². The number of hydrogen-bond donors (Lipinski definition) is 1. The molecule has 2 nitrogen and oxygen atoms in total. The molecule has 2 N–H and O–H groups in total. The van der Waals surface area contributed by atoms with E-state index in [1.165, 1.54) is 12.5 Å². The van der Waals surface area contributed by atoms with E-state index in [0.29, 0.717) is 29.1 Å². The van der Waals surface area contributed by atoms with E-state index in [0.717, 1.165) is 12.8 Å². The first-order valence-corrected chi connectivity index (χ1v) is 7.51. The first-order valence-electron chi connectivity index (χ1n) is 7.51. The van der Waals surface area contributed by atoms with E-state index in [1.54, 1.807) is 7.11 Å². The van der Waals surface area contributed by atoms with Gasteiger partial charge in [0, 0.05) is 17.2 Å². The SMILES string of the molecule is COc1ccc(C2(N)CC(C)CCC2C(C)C)c(F)c1. The van der Waals surface area contributed by atoms with Gasteiger partial charge in [0.1, 0.15) is 11.6 Å². The third kappa shape index (κ3) is 2.69. The number of ether oxygens (including phenoxy) is 1. The van der Waals surface area contributed by atoms with Crippen molar-refractivity contribution in [1.82, 2.24) is 0 Å². The number of methoxy groups -OCH3 is 1. The third-order valence-corrected chi connectivity index (χ3v) is 4.80. The minimum Gasteiger partial charge on any atom is -0.497 e. The van der Waals surface area contributed by atoms with Gasteiger partial charge in [0.2, 0.25) is 0 Å². The fourth-order valence-corrected chi connectivity index (χ4v) is 3.79.